The van der Waals surface area contributed by atoms with E-state index in [1.165, 1.54) is 0 Å². The fourth-order valence-electron chi connectivity index (χ4n) is 6.65. The van der Waals surface area contributed by atoms with Gasteiger partial charge in [-0.1, -0.05) is 31.0 Å². The first kappa shape index (κ1) is 29.1. The number of rotatable bonds is 1. The van der Waals surface area contributed by atoms with Gasteiger partial charge in [0.25, 0.3) is 5.92 Å². The van der Waals surface area contributed by atoms with Crippen LogP contribution in [0.5, 0.6) is 5.75 Å². The van der Waals surface area contributed by atoms with Gasteiger partial charge in [0, 0.05) is 41.7 Å². The Hall–Kier alpha value is -3.04. The van der Waals surface area contributed by atoms with E-state index in [-0.39, 0.29) is 11.6 Å². The summed E-state index contributed by atoms with van der Waals surface area (Å²) >= 11 is 0. The quantitative estimate of drug-likeness (QED) is 0.344. The lowest BCUT2D eigenvalue weighted by atomic mass is 9.85. The Morgan fingerprint density at radius 3 is 2.50 bits per heavy atom. The Kier molecular flexibility index (Phi) is 8.77. The molecule has 1 atom stereocenters. The number of morpholine rings is 1. The van der Waals surface area contributed by atoms with Gasteiger partial charge in [0.2, 0.25) is 0 Å². The molecule has 1 N–H and O–H groups in total. The summed E-state index contributed by atoms with van der Waals surface area (Å²) in [6, 6.07) is 10.9. The van der Waals surface area contributed by atoms with Crippen molar-refractivity contribution in [2.24, 2.45) is 5.92 Å². The Bertz CT molecular complexity index is 1370. The molecule has 5 heterocycles. The van der Waals surface area contributed by atoms with Crippen LogP contribution < -0.4 is 15.0 Å². The van der Waals surface area contributed by atoms with E-state index in [0.29, 0.717) is 38.5 Å². The molecule has 0 spiro atoms. The predicted octanol–water partition coefficient (Wildman–Crippen LogP) is 6.70. The van der Waals surface area contributed by atoms with Crippen LogP contribution in [0.25, 0.3) is 10.8 Å². The molecular formula is C33H43F2N5O2. The second kappa shape index (κ2) is 12.7. The van der Waals surface area contributed by atoms with E-state index in [0.717, 1.165) is 91.9 Å². The molecule has 0 aliphatic carbocycles. The third kappa shape index (κ3) is 6.18. The molecule has 2 aromatic carbocycles. The zero-order chi connectivity index (χ0) is 29.1. The summed E-state index contributed by atoms with van der Waals surface area (Å²) < 4.78 is 43.7. The van der Waals surface area contributed by atoms with Crippen LogP contribution in [-0.2, 0) is 10.7 Å². The highest BCUT2D eigenvalue weighted by molar-refractivity contribution is 5.99. The smallest absolute Gasteiger partial charge is 0.276 e. The molecule has 7 rings (SSSR count). The summed E-state index contributed by atoms with van der Waals surface area (Å²) in [5.41, 5.74) is 2.76. The number of hydrogen-bond acceptors (Lipinski definition) is 7. The van der Waals surface area contributed by atoms with Gasteiger partial charge in [-0.05, 0) is 76.9 Å². The van der Waals surface area contributed by atoms with Crippen molar-refractivity contribution >= 4 is 22.3 Å². The molecule has 4 aliphatic heterocycles. The molecule has 0 saturated carbocycles. The lowest BCUT2D eigenvalue weighted by Gasteiger charge is -2.36. The summed E-state index contributed by atoms with van der Waals surface area (Å²) in [5.74, 6) is -2.07. The van der Waals surface area contributed by atoms with Crippen LogP contribution >= 0.6 is 0 Å². The molecular weight excluding hydrogens is 536 g/mol. The monoisotopic (exact) mass is 579 g/mol. The molecule has 7 nitrogen and oxygen atoms in total. The Balaban J connectivity index is 1.38. The molecule has 226 valence electrons. The molecule has 2 saturated heterocycles. The molecule has 4 aliphatic rings. The van der Waals surface area contributed by atoms with Crippen LogP contribution in [0.15, 0.2) is 36.4 Å². The van der Waals surface area contributed by atoms with Gasteiger partial charge in [-0.2, -0.15) is 5.10 Å². The minimum atomic E-state index is -2.86. The highest BCUT2D eigenvalue weighted by Crippen LogP contribution is 2.43. The van der Waals surface area contributed by atoms with Crippen molar-refractivity contribution in [3.63, 3.8) is 0 Å². The summed E-state index contributed by atoms with van der Waals surface area (Å²) in [5, 5.41) is 14.4. The zero-order valence-electron chi connectivity index (χ0n) is 24.9. The molecule has 8 bridgehead atoms. The van der Waals surface area contributed by atoms with Gasteiger partial charge in [-0.15, -0.1) is 5.10 Å². The van der Waals surface area contributed by atoms with Crippen LogP contribution in [0.4, 0.5) is 20.3 Å². The van der Waals surface area contributed by atoms with E-state index in [9.17, 15) is 0 Å². The number of halogens is 2. The zero-order valence-corrected chi connectivity index (χ0v) is 24.9. The number of anilines is 2. The number of aryl methyl sites for hydroxylation is 1. The van der Waals surface area contributed by atoms with Crippen molar-refractivity contribution in [1.82, 2.24) is 15.1 Å². The first-order valence-electron chi connectivity index (χ1n) is 15.6. The molecule has 42 heavy (non-hydrogen) atoms. The van der Waals surface area contributed by atoms with Crippen molar-refractivity contribution < 1.29 is 18.3 Å². The van der Waals surface area contributed by atoms with Crippen LogP contribution in [0.1, 0.15) is 68.3 Å². The van der Waals surface area contributed by atoms with Gasteiger partial charge in [-0.25, -0.2) is 8.78 Å². The second-order valence-corrected chi connectivity index (χ2v) is 12.1. The molecule has 0 unspecified atom stereocenters. The number of nitrogens with zero attached hydrogens (tertiary/aromatic N) is 4. The van der Waals surface area contributed by atoms with Crippen molar-refractivity contribution in [3.8, 4) is 5.75 Å². The standard InChI is InChI=1S/C33H43F2N5O2/c1-23-25-8-7-9-27(20-25)33(34,35)26-10-13-39(14-11-26)12-5-3-4-6-17-42-30-22-28(40-15-18-41-19-16-40)21-29-31(30)24(2)37-38-32(29)36-23/h7-9,20-23,26H,3-6,10-19H2,1-2H3,(H,36,38)/t23-/m0/s1. The minimum absolute atomic E-state index is 0.100. The summed E-state index contributed by atoms with van der Waals surface area (Å²) in [4.78, 5) is 4.67. The van der Waals surface area contributed by atoms with E-state index in [1.807, 2.05) is 19.9 Å². The average molecular weight is 580 g/mol. The summed E-state index contributed by atoms with van der Waals surface area (Å²) in [6.07, 6.45) is 5.28. The number of nitrogens with one attached hydrogen (secondary N) is 1. The van der Waals surface area contributed by atoms with Crippen LogP contribution in [0.3, 0.4) is 0 Å². The number of aromatic nitrogens is 2. The van der Waals surface area contributed by atoms with Crippen molar-refractivity contribution in [3.05, 3.63) is 53.2 Å². The third-order valence-electron chi connectivity index (χ3n) is 9.23. The normalized spacial score (nSPS) is 25.4. The van der Waals surface area contributed by atoms with Crippen molar-refractivity contribution in [2.75, 3.05) is 62.8 Å². The number of benzene rings is 2. The predicted molar refractivity (Wildman–Crippen MR) is 163 cm³/mol. The molecule has 9 heteroatoms. The van der Waals surface area contributed by atoms with E-state index in [4.69, 9.17) is 9.47 Å². The van der Waals surface area contributed by atoms with Crippen LogP contribution in [0, 0.1) is 12.8 Å². The Morgan fingerprint density at radius 2 is 1.69 bits per heavy atom. The van der Waals surface area contributed by atoms with Gasteiger partial charge in [0.1, 0.15) is 5.75 Å². The number of piperidine rings is 1. The first-order chi connectivity index (χ1) is 20.4. The third-order valence-corrected chi connectivity index (χ3v) is 9.23. The van der Waals surface area contributed by atoms with Crippen LogP contribution in [-0.4, -0.2) is 67.6 Å². The lowest BCUT2D eigenvalue weighted by Crippen LogP contribution is -2.40. The van der Waals surface area contributed by atoms with Gasteiger partial charge in [-0.3, -0.25) is 0 Å². The SMILES string of the molecule is Cc1nnc2c3cc(N4CCOCC4)cc(c13)OCCCCCCN1CCC(CC1)C(F)(F)c1cccc(c1)[C@H](C)N2. The molecule has 1 aromatic heterocycles. The Morgan fingerprint density at radius 1 is 0.905 bits per heavy atom. The van der Waals surface area contributed by atoms with E-state index in [2.05, 4.69) is 37.4 Å². The van der Waals surface area contributed by atoms with Crippen molar-refractivity contribution in [1.29, 1.82) is 0 Å². The van der Waals surface area contributed by atoms with E-state index in [1.54, 1.807) is 18.2 Å². The summed E-state index contributed by atoms with van der Waals surface area (Å²) in [6.45, 7) is 10.0. The molecule has 3 aromatic rings. The topological polar surface area (TPSA) is 62.8 Å². The van der Waals surface area contributed by atoms with Gasteiger partial charge in [0.15, 0.2) is 5.82 Å². The highest BCUT2D eigenvalue weighted by Gasteiger charge is 2.42. The highest BCUT2D eigenvalue weighted by atomic mass is 19.3. The first-order valence-corrected chi connectivity index (χ1v) is 15.6. The number of alkyl halides is 2. The largest absolute Gasteiger partial charge is 0.493 e. The maximum absolute atomic E-state index is 15.8. The average Bonchev–Trinajstić information content (AvgIpc) is 3.02. The number of fused-ring (bicyclic) bond motifs is 9. The molecule has 2 fully saturated rings. The number of ether oxygens (including phenoxy) is 2. The second-order valence-electron chi connectivity index (χ2n) is 12.1. The lowest BCUT2D eigenvalue weighted by molar-refractivity contribution is -0.0855. The van der Waals surface area contributed by atoms with Crippen molar-refractivity contribution in [2.45, 2.75) is 64.3 Å². The number of hydrogen-bond donors (Lipinski definition) is 1. The fourth-order valence-corrected chi connectivity index (χ4v) is 6.65. The molecule has 0 amide bonds. The van der Waals surface area contributed by atoms with Crippen LogP contribution in [0.2, 0.25) is 0 Å². The van der Waals surface area contributed by atoms with Gasteiger partial charge >= 0.3 is 0 Å². The fraction of sp³-hybridized carbons (Fsp3) is 0.576. The minimum Gasteiger partial charge on any atom is -0.493 e. The van der Waals surface area contributed by atoms with Gasteiger partial charge < -0.3 is 24.6 Å². The van der Waals surface area contributed by atoms with Gasteiger partial charge in [0.05, 0.1) is 36.9 Å². The molecule has 0 radical (unpaired) electrons. The van der Waals surface area contributed by atoms with E-state index < -0.39 is 11.8 Å². The summed E-state index contributed by atoms with van der Waals surface area (Å²) in [7, 11) is 0. The maximum atomic E-state index is 15.8. The van der Waals surface area contributed by atoms with E-state index >= 15 is 8.78 Å². The maximum Gasteiger partial charge on any atom is 0.276 e. The Labute approximate surface area is 247 Å².